The van der Waals surface area contributed by atoms with Crippen molar-refractivity contribution in [1.82, 2.24) is 10.2 Å². The van der Waals surface area contributed by atoms with E-state index in [2.05, 4.69) is 39.1 Å². The second kappa shape index (κ2) is 11.4. The van der Waals surface area contributed by atoms with Gasteiger partial charge >= 0.3 is 0 Å². The molecule has 1 saturated heterocycles. The number of hydrogen-bond donors (Lipinski definition) is 1. The predicted molar refractivity (Wildman–Crippen MR) is 104 cm³/mol. The maximum atomic E-state index is 5.62. The van der Waals surface area contributed by atoms with Crippen molar-refractivity contribution in [2.45, 2.75) is 25.8 Å². The summed E-state index contributed by atoms with van der Waals surface area (Å²) in [6.45, 7) is 6.49. The molecule has 0 spiro atoms. The van der Waals surface area contributed by atoms with Crippen molar-refractivity contribution in [2.24, 2.45) is 0 Å². The zero-order valence-corrected chi connectivity index (χ0v) is 17.2. The van der Waals surface area contributed by atoms with Gasteiger partial charge in [0.15, 0.2) is 0 Å². The van der Waals surface area contributed by atoms with E-state index in [9.17, 15) is 0 Å². The van der Waals surface area contributed by atoms with E-state index in [0.29, 0.717) is 6.04 Å². The molecular weight excluding hydrogens is 403 g/mol. The second-order valence-electron chi connectivity index (χ2n) is 5.32. The Morgan fingerprint density at radius 2 is 1.74 bits per heavy atom. The van der Waals surface area contributed by atoms with Gasteiger partial charge in [-0.15, -0.1) is 24.8 Å². The van der Waals surface area contributed by atoms with Gasteiger partial charge in [0.2, 0.25) is 0 Å². The quantitative estimate of drug-likeness (QED) is 0.739. The minimum Gasteiger partial charge on any atom is -0.496 e. The summed E-state index contributed by atoms with van der Waals surface area (Å²) in [7, 11) is 3.44. The van der Waals surface area contributed by atoms with E-state index in [1.54, 1.807) is 14.2 Å². The number of rotatable bonds is 6. The average molecular weight is 430 g/mol. The molecule has 0 bridgehead atoms. The van der Waals surface area contributed by atoms with Crippen LogP contribution >= 0.6 is 40.7 Å². The Morgan fingerprint density at radius 1 is 1.13 bits per heavy atom. The van der Waals surface area contributed by atoms with E-state index < -0.39 is 0 Å². The molecule has 1 atom stereocenters. The van der Waals surface area contributed by atoms with Crippen molar-refractivity contribution in [3.05, 3.63) is 22.2 Å². The fourth-order valence-electron chi connectivity index (χ4n) is 2.95. The molecule has 1 aliphatic heterocycles. The number of nitrogens with zero attached hydrogens (tertiary/aromatic N) is 1. The van der Waals surface area contributed by atoms with E-state index in [1.807, 2.05) is 6.07 Å². The van der Waals surface area contributed by atoms with Gasteiger partial charge in [-0.3, -0.25) is 4.90 Å². The molecule has 1 heterocycles. The van der Waals surface area contributed by atoms with Crippen LogP contribution in [0.1, 0.15) is 31.4 Å². The standard InChI is InChI=1S/C16H25BrN2O2.2ClH/c1-4-5-14(19-8-6-18-7-9-19)12-10-16(21-3)13(17)11-15(12)20-2;;/h10-11,14,18H,4-9H2,1-3H3;2*1H/t14-;;/m0../s1. The third-order valence-electron chi connectivity index (χ3n) is 4.02. The summed E-state index contributed by atoms with van der Waals surface area (Å²) in [5.74, 6) is 1.79. The molecule has 23 heavy (non-hydrogen) atoms. The lowest BCUT2D eigenvalue weighted by atomic mass is 9.98. The topological polar surface area (TPSA) is 33.7 Å². The third-order valence-corrected chi connectivity index (χ3v) is 4.64. The molecule has 1 aliphatic rings. The van der Waals surface area contributed by atoms with Crippen LogP contribution in [0.3, 0.4) is 0 Å². The Morgan fingerprint density at radius 3 is 2.26 bits per heavy atom. The lowest BCUT2D eigenvalue weighted by Gasteiger charge is -2.36. The van der Waals surface area contributed by atoms with Crippen LogP contribution in [-0.4, -0.2) is 45.3 Å². The molecule has 134 valence electrons. The summed E-state index contributed by atoms with van der Waals surface area (Å²) in [5, 5.41) is 3.42. The molecular formula is C16H27BrCl2N2O2. The molecule has 7 heteroatoms. The van der Waals surface area contributed by atoms with Gasteiger partial charge in [-0.1, -0.05) is 13.3 Å². The number of hydrogen-bond acceptors (Lipinski definition) is 4. The van der Waals surface area contributed by atoms with Gasteiger partial charge in [-0.2, -0.15) is 0 Å². The number of methoxy groups -OCH3 is 2. The highest BCUT2D eigenvalue weighted by molar-refractivity contribution is 9.10. The van der Waals surface area contributed by atoms with Crippen LogP contribution < -0.4 is 14.8 Å². The summed E-state index contributed by atoms with van der Waals surface area (Å²) >= 11 is 3.54. The third kappa shape index (κ3) is 5.68. The summed E-state index contributed by atoms with van der Waals surface area (Å²) in [6, 6.07) is 4.51. The van der Waals surface area contributed by atoms with E-state index in [-0.39, 0.29) is 24.8 Å². The fourth-order valence-corrected chi connectivity index (χ4v) is 3.43. The van der Waals surface area contributed by atoms with Crippen LogP contribution in [0, 0.1) is 0 Å². The van der Waals surface area contributed by atoms with Crippen molar-refractivity contribution in [3.63, 3.8) is 0 Å². The Balaban J connectivity index is 0.00000242. The van der Waals surface area contributed by atoms with E-state index >= 15 is 0 Å². The molecule has 1 N–H and O–H groups in total. The van der Waals surface area contributed by atoms with Gasteiger partial charge in [-0.05, 0) is 34.5 Å². The molecule has 0 amide bonds. The number of ether oxygens (including phenoxy) is 2. The zero-order chi connectivity index (χ0) is 15.2. The summed E-state index contributed by atoms with van der Waals surface area (Å²) in [6.07, 6.45) is 2.28. The molecule has 0 radical (unpaired) electrons. The van der Waals surface area contributed by atoms with Crippen LogP contribution in [0.15, 0.2) is 16.6 Å². The van der Waals surface area contributed by atoms with Gasteiger partial charge in [0.05, 0.1) is 18.7 Å². The summed E-state index contributed by atoms with van der Waals surface area (Å²) in [5.41, 5.74) is 1.22. The summed E-state index contributed by atoms with van der Waals surface area (Å²) < 4.78 is 12.0. The van der Waals surface area contributed by atoms with Crippen LogP contribution in [0.2, 0.25) is 0 Å². The van der Waals surface area contributed by atoms with E-state index in [4.69, 9.17) is 9.47 Å². The molecule has 0 aromatic heterocycles. The average Bonchev–Trinajstić information content (AvgIpc) is 2.53. The zero-order valence-electron chi connectivity index (χ0n) is 13.9. The second-order valence-corrected chi connectivity index (χ2v) is 6.17. The predicted octanol–water partition coefficient (Wildman–Crippen LogP) is 4.06. The maximum absolute atomic E-state index is 5.62. The first-order chi connectivity index (χ1) is 10.2. The highest BCUT2D eigenvalue weighted by Crippen LogP contribution is 2.39. The van der Waals surface area contributed by atoms with Gasteiger partial charge in [0, 0.05) is 37.8 Å². The van der Waals surface area contributed by atoms with Crippen LogP contribution in [0.25, 0.3) is 0 Å². The Bertz CT molecular complexity index is 472. The highest BCUT2D eigenvalue weighted by Gasteiger charge is 2.25. The van der Waals surface area contributed by atoms with Gasteiger partial charge in [0.1, 0.15) is 11.5 Å². The number of halogens is 3. The number of piperazine rings is 1. The van der Waals surface area contributed by atoms with Crippen molar-refractivity contribution < 1.29 is 9.47 Å². The molecule has 4 nitrogen and oxygen atoms in total. The van der Waals surface area contributed by atoms with Gasteiger partial charge in [0.25, 0.3) is 0 Å². The van der Waals surface area contributed by atoms with Crippen LogP contribution in [0.4, 0.5) is 0 Å². The molecule has 2 rings (SSSR count). The molecule has 1 aromatic rings. The van der Waals surface area contributed by atoms with Crippen molar-refractivity contribution in [2.75, 3.05) is 40.4 Å². The Labute approximate surface area is 160 Å². The smallest absolute Gasteiger partial charge is 0.133 e. The molecule has 1 aromatic carbocycles. The minimum absolute atomic E-state index is 0. The molecule has 0 unspecified atom stereocenters. The fraction of sp³-hybridized carbons (Fsp3) is 0.625. The van der Waals surface area contributed by atoms with Crippen LogP contribution in [-0.2, 0) is 0 Å². The molecule has 0 saturated carbocycles. The summed E-state index contributed by atoms with van der Waals surface area (Å²) in [4.78, 5) is 2.55. The SMILES string of the molecule is CCC[C@@H](c1cc(OC)c(Br)cc1OC)N1CCNCC1.Cl.Cl. The highest BCUT2D eigenvalue weighted by atomic mass is 79.9. The van der Waals surface area contributed by atoms with E-state index in [0.717, 1.165) is 55.0 Å². The van der Waals surface area contributed by atoms with Gasteiger partial charge in [-0.25, -0.2) is 0 Å². The number of benzene rings is 1. The molecule has 1 fully saturated rings. The first-order valence-corrected chi connectivity index (χ1v) is 8.36. The first-order valence-electron chi connectivity index (χ1n) is 7.57. The minimum atomic E-state index is 0. The Kier molecular flexibility index (Phi) is 11.3. The number of nitrogens with one attached hydrogen (secondary N) is 1. The van der Waals surface area contributed by atoms with E-state index in [1.165, 1.54) is 5.56 Å². The monoisotopic (exact) mass is 428 g/mol. The lowest BCUT2D eigenvalue weighted by Crippen LogP contribution is -2.45. The lowest BCUT2D eigenvalue weighted by molar-refractivity contribution is 0.161. The Hall–Kier alpha value is -0.200. The maximum Gasteiger partial charge on any atom is 0.133 e. The normalized spacial score (nSPS) is 16.0. The first kappa shape index (κ1) is 22.8. The van der Waals surface area contributed by atoms with Crippen LogP contribution in [0.5, 0.6) is 11.5 Å². The van der Waals surface area contributed by atoms with Crippen molar-refractivity contribution in [3.8, 4) is 11.5 Å². The largest absolute Gasteiger partial charge is 0.496 e. The van der Waals surface area contributed by atoms with Gasteiger partial charge < -0.3 is 14.8 Å². The molecule has 0 aliphatic carbocycles. The van der Waals surface area contributed by atoms with Crippen molar-refractivity contribution in [1.29, 1.82) is 0 Å². The van der Waals surface area contributed by atoms with Crippen molar-refractivity contribution >= 4 is 40.7 Å².